The molecule has 0 bridgehead atoms. The van der Waals surface area contributed by atoms with Crippen molar-refractivity contribution in [1.29, 1.82) is 0 Å². The lowest BCUT2D eigenvalue weighted by molar-refractivity contribution is -0.126. The molecule has 0 radical (unpaired) electrons. The first-order valence-corrected chi connectivity index (χ1v) is 10.8. The third-order valence-electron chi connectivity index (χ3n) is 4.40. The summed E-state index contributed by atoms with van der Waals surface area (Å²) in [5.41, 5.74) is 0. The van der Waals surface area contributed by atoms with E-state index in [0.717, 1.165) is 0 Å². The minimum absolute atomic E-state index is 0.0165. The zero-order chi connectivity index (χ0) is 19.5. The number of hydrogen-bond acceptors (Lipinski definition) is 4. The van der Waals surface area contributed by atoms with Crippen LogP contribution in [0.15, 0.2) is 23.1 Å². The van der Waals surface area contributed by atoms with Gasteiger partial charge in [-0.05, 0) is 31.0 Å². The van der Waals surface area contributed by atoms with Gasteiger partial charge in [0.1, 0.15) is 4.90 Å². The molecule has 1 aromatic rings. The third-order valence-corrected chi connectivity index (χ3v) is 7.01. The van der Waals surface area contributed by atoms with Crippen LogP contribution < -0.4 is 5.32 Å². The Morgan fingerprint density at radius 1 is 1.15 bits per heavy atom. The zero-order valence-electron chi connectivity index (χ0n) is 15.2. The summed E-state index contributed by atoms with van der Waals surface area (Å²) < 4.78 is 27.1. The Kier molecular flexibility index (Phi) is 7.33. The second-order valence-electron chi connectivity index (χ2n) is 6.83. The maximum atomic E-state index is 12.8. The fourth-order valence-corrected chi connectivity index (χ4v) is 4.92. The number of halogens is 2. The SMILES string of the molecule is CC(C)CNC(=O)[C@@H](C)N1CCN(S(=O)(=O)c2cc(Cl)ccc2Cl)CC1. The van der Waals surface area contributed by atoms with E-state index in [4.69, 9.17) is 23.2 Å². The van der Waals surface area contributed by atoms with Crippen molar-refractivity contribution >= 4 is 39.1 Å². The Morgan fingerprint density at radius 3 is 2.35 bits per heavy atom. The molecule has 26 heavy (non-hydrogen) atoms. The smallest absolute Gasteiger partial charge is 0.244 e. The van der Waals surface area contributed by atoms with Gasteiger partial charge in [0.15, 0.2) is 0 Å². The molecule has 1 N–H and O–H groups in total. The fourth-order valence-electron chi connectivity index (χ4n) is 2.76. The quantitative estimate of drug-likeness (QED) is 0.765. The highest BCUT2D eigenvalue weighted by Gasteiger charge is 2.32. The van der Waals surface area contributed by atoms with Crippen LogP contribution in [-0.4, -0.2) is 62.3 Å². The Bertz CT molecular complexity index is 748. The van der Waals surface area contributed by atoms with Gasteiger partial charge in [-0.15, -0.1) is 0 Å². The van der Waals surface area contributed by atoms with Crippen LogP contribution in [0.1, 0.15) is 20.8 Å². The van der Waals surface area contributed by atoms with E-state index in [1.807, 2.05) is 25.7 Å². The lowest BCUT2D eigenvalue weighted by atomic mass is 10.2. The van der Waals surface area contributed by atoms with Crippen molar-refractivity contribution in [1.82, 2.24) is 14.5 Å². The van der Waals surface area contributed by atoms with Crippen molar-refractivity contribution in [3.8, 4) is 0 Å². The van der Waals surface area contributed by atoms with Gasteiger partial charge < -0.3 is 5.32 Å². The minimum Gasteiger partial charge on any atom is -0.354 e. The van der Waals surface area contributed by atoms with Crippen molar-refractivity contribution in [2.24, 2.45) is 5.92 Å². The largest absolute Gasteiger partial charge is 0.354 e. The van der Waals surface area contributed by atoms with Crippen LogP contribution in [0.4, 0.5) is 0 Å². The molecule has 1 aliphatic heterocycles. The predicted molar refractivity (Wildman–Crippen MR) is 104 cm³/mol. The number of amides is 1. The monoisotopic (exact) mass is 421 g/mol. The molecule has 0 aromatic heterocycles. The molecule has 0 saturated carbocycles. The lowest BCUT2D eigenvalue weighted by Crippen LogP contribution is -2.55. The third kappa shape index (κ3) is 5.10. The molecule has 1 heterocycles. The van der Waals surface area contributed by atoms with E-state index >= 15 is 0 Å². The van der Waals surface area contributed by atoms with Crippen molar-refractivity contribution in [2.45, 2.75) is 31.7 Å². The van der Waals surface area contributed by atoms with Crippen LogP contribution in [0.25, 0.3) is 0 Å². The van der Waals surface area contributed by atoms with Crippen LogP contribution >= 0.6 is 23.2 Å². The molecule has 0 aliphatic carbocycles. The maximum absolute atomic E-state index is 12.8. The second-order valence-corrected chi connectivity index (χ2v) is 9.58. The first-order chi connectivity index (χ1) is 12.1. The van der Waals surface area contributed by atoms with E-state index in [0.29, 0.717) is 43.7 Å². The lowest BCUT2D eigenvalue weighted by Gasteiger charge is -2.36. The molecule has 0 spiro atoms. The molecule has 1 aliphatic rings. The highest BCUT2D eigenvalue weighted by atomic mass is 35.5. The van der Waals surface area contributed by atoms with E-state index in [1.54, 1.807) is 6.07 Å². The number of benzene rings is 1. The normalized spacial score (nSPS) is 18.1. The molecule has 146 valence electrons. The minimum atomic E-state index is -3.72. The van der Waals surface area contributed by atoms with Gasteiger partial charge in [0, 0.05) is 37.7 Å². The van der Waals surface area contributed by atoms with Crippen LogP contribution in [0.3, 0.4) is 0 Å². The van der Waals surface area contributed by atoms with Crippen LogP contribution in [0.5, 0.6) is 0 Å². The molecule has 6 nitrogen and oxygen atoms in total. The van der Waals surface area contributed by atoms with E-state index in [9.17, 15) is 13.2 Å². The fraction of sp³-hybridized carbons (Fsp3) is 0.588. The van der Waals surface area contributed by atoms with Crippen molar-refractivity contribution in [3.05, 3.63) is 28.2 Å². The Labute approximate surface area is 165 Å². The van der Waals surface area contributed by atoms with Gasteiger partial charge in [0.2, 0.25) is 15.9 Å². The van der Waals surface area contributed by atoms with Crippen molar-refractivity contribution in [2.75, 3.05) is 32.7 Å². The van der Waals surface area contributed by atoms with Gasteiger partial charge in [-0.2, -0.15) is 4.31 Å². The summed E-state index contributed by atoms with van der Waals surface area (Å²) >= 11 is 12.0. The molecule has 1 aromatic carbocycles. The zero-order valence-corrected chi connectivity index (χ0v) is 17.5. The summed E-state index contributed by atoms with van der Waals surface area (Å²) in [6.45, 7) is 8.10. The van der Waals surface area contributed by atoms with Crippen molar-refractivity contribution in [3.63, 3.8) is 0 Å². The molecule has 9 heteroatoms. The van der Waals surface area contributed by atoms with Crippen LogP contribution in [0.2, 0.25) is 10.0 Å². The Balaban J connectivity index is 2.01. The predicted octanol–water partition coefficient (Wildman–Crippen LogP) is 2.46. The number of sulfonamides is 1. The molecule has 1 fully saturated rings. The Morgan fingerprint density at radius 2 is 1.77 bits per heavy atom. The summed E-state index contributed by atoms with van der Waals surface area (Å²) in [5, 5.41) is 3.39. The second kappa shape index (κ2) is 8.89. The van der Waals surface area contributed by atoms with Gasteiger partial charge in [-0.25, -0.2) is 8.42 Å². The number of nitrogens with zero attached hydrogens (tertiary/aromatic N) is 2. The van der Waals surface area contributed by atoms with E-state index in [2.05, 4.69) is 5.32 Å². The summed E-state index contributed by atoms with van der Waals surface area (Å²) in [4.78, 5) is 14.2. The number of piperazine rings is 1. The van der Waals surface area contributed by atoms with Crippen LogP contribution in [-0.2, 0) is 14.8 Å². The summed E-state index contributed by atoms with van der Waals surface area (Å²) in [7, 11) is -3.72. The maximum Gasteiger partial charge on any atom is 0.244 e. The number of nitrogens with one attached hydrogen (secondary N) is 1. The average molecular weight is 422 g/mol. The van der Waals surface area contributed by atoms with Gasteiger partial charge in [0.05, 0.1) is 11.1 Å². The van der Waals surface area contributed by atoms with E-state index in [1.165, 1.54) is 16.4 Å². The standard InChI is InChI=1S/C17H25Cl2N3O3S/c1-12(2)11-20-17(23)13(3)21-6-8-22(9-7-21)26(24,25)16-10-14(18)4-5-15(16)19/h4-5,10,12-13H,6-9,11H2,1-3H3,(H,20,23)/t13-/m1/s1. The summed E-state index contributed by atoms with van der Waals surface area (Å²) in [6.07, 6.45) is 0. The van der Waals surface area contributed by atoms with Gasteiger partial charge in [0.25, 0.3) is 0 Å². The first-order valence-electron chi connectivity index (χ1n) is 8.60. The molecular formula is C17H25Cl2N3O3S. The highest BCUT2D eigenvalue weighted by molar-refractivity contribution is 7.89. The van der Waals surface area contributed by atoms with E-state index < -0.39 is 10.0 Å². The van der Waals surface area contributed by atoms with Gasteiger partial charge >= 0.3 is 0 Å². The molecule has 1 saturated heterocycles. The summed E-state index contributed by atoms with van der Waals surface area (Å²) in [6, 6.07) is 4.11. The van der Waals surface area contributed by atoms with Gasteiger partial charge in [-0.3, -0.25) is 9.69 Å². The molecule has 1 atom stereocenters. The number of hydrogen-bond donors (Lipinski definition) is 1. The molecule has 2 rings (SSSR count). The highest BCUT2D eigenvalue weighted by Crippen LogP contribution is 2.28. The van der Waals surface area contributed by atoms with Crippen molar-refractivity contribution < 1.29 is 13.2 Å². The average Bonchev–Trinajstić information content (AvgIpc) is 2.61. The Hall–Kier alpha value is -0.860. The van der Waals surface area contributed by atoms with E-state index in [-0.39, 0.29) is 21.9 Å². The molecule has 0 unspecified atom stereocenters. The topological polar surface area (TPSA) is 69.7 Å². The van der Waals surface area contributed by atoms with Gasteiger partial charge in [-0.1, -0.05) is 37.0 Å². The number of rotatable bonds is 6. The first kappa shape index (κ1) is 21.4. The number of carbonyl (C=O) groups is 1. The molecular weight excluding hydrogens is 397 g/mol. The number of carbonyl (C=O) groups excluding carboxylic acids is 1. The summed E-state index contributed by atoms with van der Waals surface area (Å²) in [5.74, 6) is 0.350. The molecule has 1 amide bonds. The van der Waals surface area contributed by atoms with Crippen LogP contribution in [0, 0.1) is 5.92 Å².